The molecule has 0 unspecified atom stereocenters. The van der Waals surface area contributed by atoms with Gasteiger partial charge in [-0.3, -0.25) is 4.79 Å². The molecule has 2 aromatic rings. The molecule has 1 aromatic heterocycles. The second kappa shape index (κ2) is 5.74. The number of carbonyl (C=O) groups excluding carboxylic acids is 1. The highest BCUT2D eigenvalue weighted by Gasteiger charge is 2.15. The highest BCUT2D eigenvalue weighted by molar-refractivity contribution is 6.44. The zero-order valence-corrected chi connectivity index (χ0v) is 11.5. The number of nitrogens with zero attached hydrogens (tertiary/aromatic N) is 1. The fourth-order valence-electron chi connectivity index (χ4n) is 1.37. The van der Waals surface area contributed by atoms with Crippen LogP contribution in [-0.4, -0.2) is 10.9 Å². The minimum atomic E-state index is -0.660. The Morgan fingerprint density at radius 3 is 2.74 bits per heavy atom. The van der Waals surface area contributed by atoms with E-state index in [4.69, 9.17) is 34.8 Å². The molecule has 0 spiro atoms. The smallest absolute Gasteiger partial charge is 0.258 e. The Morgan fingerprint density at radius 1 is 1.26 bits per heavy atom. The third kappa shape index (κ3) is 3.15. The molecule has 1 N–H and O–H groups in total. The van der Waals surface area contributed by atoms with E-state index in [1.807, 2.05) is 0 Å². The molecule has 1 amide bonds. The van der Waals surface area contributed by atoms with Gasteiger partial charge in [-0.15, -0.1) is 0 Å². The van der Waals surface area contributed by atoms with Gasteiger partial charge in [0.2, 0.25) is 0 Å². The number of anilines is 1. The minimum absolute atomic E-state index is 0.0855. The number of rotatable bonds is 2. The molecule has 19 heavy (non-hydrogen) atoms. The number of carbonyl (C=O) groups is 1. The van der Waals surface area contributed by atoms with Crippen molar-refractivity contribution in [2.75, 3.05) is 5.32 Å². The molecule has 0 aliphatic rings. The Bertz CT molecular complexity index is 649. The summed E-state index contributed by atoms with van der Waals surface area (Å²) in [7, 11) is 0. The van der Waals surface area contributed by atoms with Crippen LogP contribution < -0.4 is 5.32 Å². The van der Waals surface area contributed by atoms with Gasteiger partial charge in [0.25, 0.3) is 5.91 Å². The molecule has 0 radical (unpaired) electrons. The topological polar surface area (TPSA) is 42.0 Å². The summed E-state index contributed by atoms with van der Waals surface area (Å²) in [4.78, 5) is 15.5. The number of hydrogen-bond acceptors (Lipinski definition) is 2. The number of nitrogens with one attached hydrogen (secondary N) is 1. The van der Waals surface area contributed by atoms with E-state index < -0.39 is 11.7 Å². The van der Waals surface area contributed by atoms with Crippen LogP contribution in [0.1, 0.15) is 10.4 Å². The van der Waals surface area contributed by atoms with Crippen LogP contribution in [0.3, 0.4) is 0 Å². The maximum Gasteiger partial charge on any atom is 0.258 e. The largest absolute Gasteiger partial charge is 0.320 e. The first-order chi connectivity index (χ1) is 8.99. The van der Waals surface area contributed by atoms with E-state index in [-0.39, 0.29) is 15.7 Å². The second-order valence-electron chi connectivity index (χ2n) is 3.55. The van der Waals surface area contributed by atoms with Crippen LogP contribution in [0.15, 0.2) is 30.5 Å². The fourth-order valence-corrected chi connectivity index (χ4v) is 1.91. The van der Waals surface area contributed by atoms with E-state index in [9.17, 15) is 9.18 Å². The standard InChI is InChI=1S/C12H6Cl3FN2O/c13-8-2-1-3-9(10(8)14)18-12(19)7-4-6(16)5-17-11(7)15/h1-5H,(H,18,19). The van der Waals surface area contributed by atoms with Crippen LogP contribution in [-0.2, 0) is 0 Å². The van der Waals surface area contributed by atoms with Gasteiger partial charge in [0.1, 0.15) is 11.0 Å². The maximum atomic E-state index is 13.0. The Hall–Kier alpha value is -1.36. The molecule has 0 aliphatic carbocycles. The lowest BCUT2D eigenvalue weighted by molar-refractivity contribution is 0.102. The number of amides is 1. The van der Waals surface area contributed by atoms with E-state index in [1.54, 1.807) is 18.2 Å². The van der Waals surface area contributed by atoms with Crippen molar-refractivity contribution < 1.29 is 9.18 Å². The van der Waals surface area contributed by atoms with Crippen LogP contribution in [0, 0.1) is 5.82 Å². The van der Waals surface area contributed by atoms with Gasteiger partial charge < -0.3 is 5.32 Å². The minimum Gasteiger partial charge on any atom is -0.320 e. The second-order valence-corrected chi connectivity index (χ2v) is 4.69. The van der Waals surface area contributed by atoms with Crippen LogP contribution in [0.4, 0.5) is 10.1 Å². The highest BCUT2D eigenvalue weighted by Crippen LogP contribution is 2.30. The molecule has 1 aromatic carbocycles. The summed E-state index contributed by atoms with van der Waals surface area (Å²) in [5.74, 6) is -1.28. The zero-order chi connectivity index (χ0) is 14.0. The monoisotopic (exact) mass is 318 g/mol. The van der Waals surface area contributed by atoms with Gasteiger partial charge in [-0.05, 0) is 18.2 Å². The van der Waals surface area contributed by atoms with Crippen molar-refractivity contribution in [2.45, 2.75) is 0 Å². The van der Waals surface area contributed by atoms with Gasteiger partial charge in [-0.1, -0.05) is 40.9 Å². The quantitative estimate of drug-likeness (QED) is 0.832. The summed E-state index contributed by atoms with van der Waals surface area (Å²) >= 11 is 17.5. The highest BCUT2D eigenvalue weighted by atomic mass is 35.5. The Balaban J connectivity index is 2.31. The zero-order valence-electron chi connectivity index (χ0n) is 9.25. The summed E-state index contributed by atoms with van der Waals surface area (Å²) in [6.07, 6.45) is 0.922. The van der Waals surface area contributed by atoms with Crippen LogP contribution >= 0.6 is 34.8 Å². The Kier molecular flexibility index (Phi) is 4.24. The van der Waals surface area contributed by atoms with Crippen molar-refractivity contribution in [2.24, 2.45) is 0 Å². The molecule has 1 heterocycles. The summed E-state index contributed by atoms with van der Waals surface area (Å²) in [5.41, 5.74) is 0.220. The molecule has 0 saturated carbocycles. The number of halogens is 4. The van der Waals surface area contributed by atoms with Crippen LogP contribution in [0.25, 0.3) is 0 Å². The molecule has 0 aliphatic heterocycles. The van der Waals surface area contributed by atoms with E-state index >= 15 is 0 Å². The SMILES string of the molecule is O=C(Nc1cccc(Cl)c1Cl)c1cc(F)cnc1Cl. The summed E-state index contributed by atoms with van der Waals surface area (Å²) in [5, 5.41) is 2.88. The lowest BCUT2D eigenvalue weighted by atomic mass is 10.2. The van der Waals surface area contributed by atoms with Gasteiger partial charge in [-0.25, -0.2) is 9.37 Å². The first-order valence-electron chi connectivity index (χ1n) is 5.05. The molecule has 0 fully saturated rings. The molecule has 0 bridgehead atoms. The van der Waals surface area contributed by atoms with Crippen molar-refractivity contribution in [1.29, 1.82) is 0 Å². The third-order valence-corrected chi connectivity index (χ3v) is 3.37. The molecule has 0 saturated heterocycles. The van der Waals surface area contributed by atoms with Crippen molar-refractivity contribution in [1.82, 2.24) is 4.98 Å². The van der Waals surface area contributed by atoms with E-state index in [2.05, 4.69) is 10.3 Å². The van der Waals surface area contributed by atoms with Gasteiger partial charge in [0.05, 0.1) is 27.5 Å². The number of benzene rings is 1. The van der Waals surface area contributed by atoms with Gasteiger partial charge >= 0.3 is 0 Å². The molecular weight excluding hydrogens is 314 g/mol. The third-order valence-electron chi connectivity index (χ3n) is 2.25. The average Bonchev–Trinajstić information content (AvgIpc) is 2.38. The lowest BCUT2D eigenvalue weighted by Gasteiger charge is -2.08. The van der Waals surface area contributed by atoms with Gasteiger partial charge in [0, 0.05) is 0 Å². The Morgan fingerprint density at radius 2 is 2.00 bits per heavy atom. The van der Waals surface area contributed by atoms with E-state index in [0.29, 0.717) is 10.7 Å². The molecule has 2 rings (SSSR count). The molecule has 0 atom stereocenters. The Labute approximate surface area is 123 Å². The predicted molar refractivity (Wildman–Crippen MR) is 73.6 cm³/mol. The summed E-state index contributed by atoms with van der Waals surface area (Å²) in [6, 6.07) is 5.75. The normalized spacial score (nSPS) is 10.3. The van der Waals surface area contributed by atoms with E-state index in [0.717, 1.165) is 12.3 Å². The van der Waals surface area contributed by atoms with Gasteiger partial charge in [0.15, 0.2) is 0 Å². The first kappa shape index (κ1) is 14.1. The molecule has 3 nitrogen and oxygen atoms in total. The number of aromatic nitrogens is 1. The lowest BCUT2D eigenvalue weighted by Crippen LogP contribution is -2.13. The molecule has 7 heteroatoms. The number of pyridine rings is 1. The first-order valence-corrected chi connectivity index (χ1v) is 6.19. The fraction of sp³-hybridized carbons (Fsp3) is 0. The molecular formula is C12H6Cl3FN2O. The molecule has 98 valence electrons. The van der Waals surface area contributed by atoms with Crippen molar-refractivity contribution in [3.63, 3.8) is 0 Å². The van der Waals surface area contributed by atoms with Crippen molar-refractivity contribution >= 4 is 46.4 Å². The average molecular weight is 320 g/mol. The van der Waals surface area contributed by atoms with E-state index in [1.165, 1.54) is 0 Å². The predicted octanol–water partition coefficient (Wildman–Crippen LogP) is 4.43. The van der Waals surface area contributed by atoms with Crippen molar-refractivity contribution in [3.05, 3.63) is 57.0 Å². The maximum absolute atomic E-state index is 13.0. The summed E-state index contributed by atoms with van der Waals surface area (Å²) in [6.45, 7) is 0. The van der Waals surface area contributed by atoms with Crippen LogP contribution in [0.2, 0.25) is 15.2 Å². The van der Waals surface area contributed by atoms with Gasteiger partial charge in [-0.2, -0.15) is 0 Å². The van der Waals surface area contributed by atoms with Crippen molar-refractivity contribution in [3.8, 4) is 0 Å². The number of hydrogen-bond donors (Lipinski definition) is 1. The van der Waals surface area contributed by atoms with Crippen LogP contribution in [0.5, 0.6) is 0 Å². The summed E-state index contributed by atoms with van der Waals surface area (Å²) < 4.78 is 13.0.